The van der Waals surface area contributed by atoms with Gasteiger partial charge in [0, 0.05) is 6.04 Å². The number of rotatable bonds is 4. The Hall–Kier alpha value is -0.850. The van der Waals surface area contributed by atoms with Gasteiger partial charge >= 0.3 is 0 Å². The summed E-state index contributed by atoms with van der Waals surface area (Å²) < 4.78 is 6.57. The summed E-state index contributed by atoms with van der Waals surface area (Å²) in [5.74, 6) is 1.80. The lowest BCUT2D eigenvalue weighted by Gasteiger charge is -2.16. The summed E-state index contributed by atoms with van der Waals surface area (Å²) in [7, 11) is 0. The molecule has 0 radical (unpaired) electrons. The van der Waals surface area contributed by atoms with Crippen molar-refractivity contribution in [1.82, 2.24) is 10.2 Å². The van der Waals surface area contributed by atoms with E-state index in [9.17, 15) is 0 Å². The molecule has 0 aliphatic carbocycles. The van der Waals surface area contributed by atoms with Gasteiger partial charge in [-0.15, -0.1) is 10.2 Å². The van der Waals surface area contributed by atoms with Gasteiger partial charge < -0.3 is 10.2 Å². The highest BCUT2D eigenvalue weighted by Gasteiger charge is 2.22. The maximum absolute atomic E-state index is 6.01. The molecular weight excluding hydrogens is 254 g/mol. The number of furan rings is 1. The third-order valence-electron chi connectivity index (χ3n) is 2.25. The Bertz CT molecular complexity index is 492. The third kappa shape index (κ3) is 3.08. The second-order valence-electron chi connectivity index (χ2n) is 3.93. The molecule has 17 heavy (non-hydrogen) atoms. The summed E-state index contributed by atoms with van der Waals surface area (Å²) in [5.41, 5.74) is 6.01. The van der Waals surface area contributed by atoms with E-state index in [0.717, 1.165) is 20.9 Å². The Labute approximate surface area is 109 Å². The first-order valence-corrected chi connectivity index (χ1v) is 7.04. The fourth-order valence-corrected chi connectivity index (χ4v) is 3.51. The number of aromatic nitrogens is 2. The molecule has 0 fully saturated rings. The molecule has 92 valence electrons. The second-order valence-corrected chi connectivity index (χ2v) is 6.50. The van der Waals surface area contributed by atoms with Gasteiger partial charge in [-0.3, -0.25) is 0 Å². The molecule has 2 aromatic rings. The van der Waals surface area contributed by atoms with Crippen LogP contribution < -0.4 is 5.73 Å². The van der Waals surface area contributed by atoms with Crippen molar-refractivity contribution in [3.05, 3.63) is 28.7 Å². The molecule has 2 unspecified atom stereocenters. The standard InChI is InChI=1S/C11H15N3OS2/c1-6-4-5-9(15-6)10(7(2)12)17-11-14-13-8(3)16-11/h4-5,7,10H,12H2,1-3H3. The Morgan fingerprint density at radius 1 is 1.35 bits per heavy atom. The van der Waals surface area contributed by atoms with Crippen molar-refractivity contribution < 1.29 is 4.42 Å². The van der Waals surface area contributed by atoms with Crippen molar-refractivity contribution >= 4 is 23.1 Å². The van der Waals surface area contributed by atoms with Gasteiger partial charge in [0.2, 0.25) is 0 Å². The van der Waals surface area contributed by atoms with E-state index < -0.39 is 0 Å². The smallest absolute Gasteiger partial charge is 0.175 e. The first kappa shape index (κ1) is 12.6. The predicted molar refractivity (Wildman–Crippen MR) is 70.3 cm³/mol. The van der Waals surface area contributed by atoms with Crippen LogP contribution in [0.2, 0.25) is 0 Å². The molecule has 0 spiro atoms. The lowest BCUT2D eigenvalue weighted by Crippen LogP contribution is -2.22. The molecule has 0 aliphatic rings. The molecule has 2 heterocycles. The van der Waals surface area contributed by atoms with E-state index in [4.69, 9.17) is 10.2 Å². The van der Waals surface area contributed by atoms with Gasteiger partial charge in [-0.05, 0) is 32.9 Å². The number of nitrogens with two attached hydrogens (primary N) is 1. The van der Waals surface area contributed by atoms with Gasteiger partial charge in [-0.25, -0.2) is 0 Å². The van der Waals surface area contributed by atoms with Gasteiger partial charge in [-0.2, -0.15) is 0 Å². The maximum Gasteiger partial charge on any atom is 0.175 e. The van der Waals surface area contributed by atoms with Gasteiger partial charge in [0.25, 0.3) is 0 Å². The Balaban J connectivity index is 2.18. The topological polar surface area (TPSA) is 64.9 Å². The van der Waals surface area contributed by atoms with Crippen LogP contribution in [0.25, 0.3) is 0 Å². The quantitative estimate of drug-likeness (QED) is 0.864. The lowest BCUT2D eigenvalue weighted by molar-refractivity contribution is 0.464. The molecule has 0 bridgehead atoms. The summed E-state index contributed by atoms with van der Waals surface area (Å²) in [5, 5.41) is 9.15. The van der Waals surface area contributed by atoms with Crippen LogP contribution in [0.1, 0.15) is 28.7 Å². The second kappa shape index (κ2) is 5.20. The van der Waals surface area contributed by atoms with Crippen molar-refractivity contribution in [2.45, 2.75) is 36.4 Å². The largest absolute Gasteiger partial charge is 0.465 e. The van der Waals surface area contributed by atoms with Gasteiger partial charge in [-0.1, -0.05) is 23.1 Å². The molecule has 0 aromatic carbocycles. The molecule has 0 saturated heterocycles. The van der Waals surface area contributed by atoms with Crippen LogP contribution in [0, 0.1) is 13.8 Å². The van der Waals surface area contributed by atoms with E-state index >= 15 is 0 Å². The van der Waals surface area contributed by atoms with Gasteiger partial charge in [0.15, 0.2) is 4.34 Å². The fourth-order valence-electron chi connectivity index (χ4n) is 1.47. The van der Waals surface area contributed by atoms with Crippen molar-refractivity contribution in [2.75, 3.05) is 0 Å². The summed E-state index contributed by atoms with van der Waals surface area (Å²) in [6.07, 6.45) is 0. The highest BCUT2D eigenvalue weighted by molar-refractivity contribution is 8.01. The number of hydrogen-bond donors (Lipinski definition) is 1. The van der Waals surface area contributed by atoms with Crippen molar-refractivity contribution in [1.29, 1.82) is 0 Å². The molecular formula is C11H15N3OS2. The van der Waals surface area contributed by atoms with Crippen LogP contribution in [-0.4, -0.2) is 16.2 Å². The van der Waals surface area contributed by atoms with Gasteiger partial charge in [0.1, 0.15) is 16.5 Å². The summed E-state index contributed by atoms with van der Waals surface area (Å²) in [6.45, 7) is 5.85. The summed E-state index contributed by atoms with van der Waals surface area (Å²) in [6, 6.07) is 3.93. The molecule has 2 aromatic heterocycles. The van der Waals surface area contributed by atoms with Crippen molar-refractivity contribution in [3.63, 3.8) is 0 Å². The SMILES string of the molecule is Cc1ccc(C(Sc2nnc(C)s2)C(C)N)o1. The lowest BCUT2D eigenvalue weighted by atomic mass is 10.2. The molecule has 4 nitrogen and oxygen atoms in total. The minimum absolute atomic E-state index is 0.00486. The zero-order chi connectivity index (χ0) is 12.4. The van der Waals surface area contributed by atoms with Crippen LogP contribution in [0.5, 0.6) is 0 Å². The first-order chi connectivity index (χ1) is 8.06. The molecule has 6 heteroatoms. The molecule has 0 saturated carbocycles. The Morgan fingerprint density at radius 2 is 2.12 bits per heavy atom. The predicted octanol–water partition coefficient (Wildman–Crippen LogP) is 2.93. The molecule has 0 aliphatic heterocycles. The van der Waals surface area contributed by atoms with Crippen LogP contribution >= 0.6 is 23.1 Å². The minimum Gasteiger partial charge on any atom is -0.465 e. The number of nitrogens with zero attached hydrogens (tertiary/aromatic N) is 2. The fraction of sp³-hybridized carbons (Fsp3) is 0.455. The first-order valence-electron chi connectivity index (χ1n) is 5.35. The van der Waals surface area contributed by atoms with E-state index in [1.165, 1.54) is 0 Å². The van der Waals surface area contributed by atoms with Crippen LogP contribution in [0.4, 0.5) is 0 Å². The minimum atomic E-state index is -0.00486. The van der Waals surface area contributed by atoms with E-state index in [-0.39, 0.29) is 11.3 Å². The van der Waals surface area contributed by atoms with Crippen molar-refractivity contribution in [2.24, 2.45) is 5.73 Å². The Kier molecular flexibility index (Phi) is 3.86. The maximum atomic E-state index is 6.01. The molecule has 0 amide bonds. The van der Waals surface area contributed by atoms with Crippen LogP contribution in [-0.2, 0) is 0 Å². The zero-order valence-corrected chi connectivity index (χ0v) is 11.6. The van der Waals surface area contributed by atoms with Gasteiger partial charge in [0.05, 0.1) is 5.25 Å². The molecule has 2 rings (SSSR count). The van der Waals surface area contributed by atoms with Crippen LogP contribution in [0.15, 0.2) is 20.9 Å². The highest BCUT2D eigenvalue weighted by atomic mass is 32.2. The monoisotopic (exact) mass is 269 g/mol. The normalized spacial score (nSPS) is 14.8. The number of hydrogen-bond acceptors (Lipinski definition) is 6. The average Bonchev–Trinajstić information content (AvgIpc) is 2.83. The number of aryl methyl sites for hydroxylation is 2. The van der Waals surface area contributed by atoms with E-state index in [2.05, 4.69) is 10.2 Å². The zero-order valence-electron chi connectivity index (χ0n) is 10.0. The molecule has 2 N–H and O–H groups in total. The third-order valence-corrected chi connectivity index (χ3v) is 4.63. The van der Waals surface area contributed by atoms with E-state index in [1.807, 2.05) is 32.9 Å². The summed E-state index contributed by atoms with van der Waals surface area (Å²) in [4.78, 5) is 0. The Morgan fingerprint density at radius 3 is 2.59 bits per heavy atom. The van der Waals surface area contributed by atoms with Crippen LogP contribution in [0.3, 0.4) is 0 Å². The van der Waals surface area contributed by atoms with E-state index in [0.29, 0.717) is 0 Å². The number of thioether (sulfide) groups is 1. The highest BCUT2D eigenvalue weighted by Crippen LogP contribution is 2.38. The average molecular weight is 269 g/mol. The molecule has 2 atom stereocenters. The van der Waals surface area contributed by atoms with Crippen molar-refractivity contribution in [3.8, 4) is 0 Å². The summed E-state index contributed by atoms with van der Waals surface area (Å²) >= 11 is 3.19. The van der Waals surface area contributed by atoms with E-state index in [1.54, 1.807) is 23.1 Å².